The number of ether oxygens (including phenoxy) is 1. The van der Waals surface area contributed by atoms with Crippen molar-refractivity contribution < 1.29 is 19.1 Å². The highest BCUT2D eigenvalue weighted by Gasteiger charge is 2.34. The van der Waals surface area contributed by atoms with Gasteiger partial charge in [0.1, 0.15) is 6.61 Å². The second kappa shape index (κ2) is 8.10. The van der Waals surface area contributed by atoms with Crippen molar-refractivity contribution in [1.29, 1.82) is 0 Å². The quantitative estimate of drug-likeness (QED) is 0.479. The van der Waals surface area contributed by atoms with Gasteiger partial charge in [-0.1, -0.05) is 66.7 Å². The standard InChI is InChI=1S/C24H19NO4/c26-22(16-17-10-12-19(13-11-17)18-6-2-1-3-7-18)29-15-14-25-23(27)20-8-4-5-9-21(20)24(25)28/h1-13H,14-16H2. The maximum atomic E-state index is 12.3. The van der Waals surface area contributed by atoms with Gasteiger partial charge in [0.25, 0.3) is 11.8 Å². The van der Waals surface area contributed by atoms with Gasteiger partial charge in [0.2, 0.25) is 0 Å². The normalized spacial score (nSPS) is 12.8. The molecular formula is C24H19NO4. The molecule has 5 heteroatoms. The largest absolute Gasteiger partial charge is 0.464 e. The highest BCUT2D eigenvalue weighted by Crippen LogP contribution is 2.22. The van der Waals surface area contributed by atoms with Crippen LogP contribution in [0.3, 0.4) is 0 Å². The number of carbonyl (C=O) groups is 3. The summed E-state index contributed by atoms with van der Waals surface area (Å²) >= 11 is 0. The average molecular weight is 385 g/mol. The summed E-state index contributed by atoms with van der Waals surface area (Å²) in [6, 6.07) is 24.4. The molecule has 1 aliphatic rings. The Labute approximate surface area is 168 Å². The second-order valence-electron chi connectivity index (χ2n) is 6.77. The summed E-state index contributed by atoms with van der Waals surface area (Å²) in [5, 5.41) is 0. The SMILES string of the molecule is O=C(Cc1ccc(-c2ccccc2)cc1)OCCN1C(=O)c2ccccc2C1=O. The van der Waals surface area contributed by atoms with Crippen LogP contribution in [0.1, 0.15) is 26.3 Å². The van der Waals surface area contributed by atoms with E-state index < -0.39 is 5.97 Å². The summed E-state index contributed by atoms with van der Waals surface area (Å²) in [6.07, 6.45) is 0.136. The Balaban J connectivity index is 1.29. The van der Waals surface area contributed by atoms with Gasteiger partial charge in [-0.15, -0.1) is 0 Å². The van der Waals surface area contributed by atoms with E-state index in [0.717, 1.165) is 21.6 Å². The highest BCUT2D eigenvalue weighted by atomic mass is 16.5. The molecule has 0 aromatic heterocycles. The van der Waals surface area contributed by atoms with E-state index in [1.54, 1.807) is 24.3 Å². The molecule has 1 aliphatic heterocycles. The van der Waals surface area contributed by atoms with Crippen LogP contribution in [0.15, 0.2) is 78.9 Å². The van der Waals surface area contributed by atoms with E-state index in [0.29, 0.717) is 11.1 Å². The van der Waals surface area contributed by atoms with Crippen LogP contribution in [0.25, 0.3) is 11.1 Å². The van der Waals surface area contributed by atoms with E-state index in [1.807, 2.05) is 54.6 Å². The molecule has 29 heavy (non-hydrogen) atoms. The number of hydrogen-bond acceptors (Lipinski definition) is 4. The van der Waals surface area contributed by atoms with Crippen molar-refractivity contribution in [1.82, 2.24) is 4.90 Å². The molecule has 3 aromatic carbocycles. The van der Waals surface area contributed by atoms with E-state index in [2.05, 4.69) is 0 Å². The fourth-order valence-electron chi connectivity index (χ4n) is 3.36. The molecule has 0 saturated heterocycles. The summed E-state index contributed by atoms with van der Waals surface area (Å²) < 4.78 is 5.23. The van der Waals surface area contributed by atoms with Gasteiger partial charge in [0.05, 0.1) is 24.1 Å². The number of fused-ring (bicyclic) bond motifs is 1. The lowest BCUT2D eigenvalue weighted by molar-refractivity contribution is -0.143. The molecule has 0 bridgehead atoms. The molecule has 0 radical (unpaired) electrons. The minimum Gasteiger partial charge on any atom is -0.464 e. The third kappa shape index (κ3) is 3.94. The van der Waals surface area contributed by atoms with Crippen LogP contribution in [-0.4, -0.2) is 35.8 Å². The van der Waals surface area contributed by atoms with Crippen LogP contribution in [0.4, 0.5) is 0 Å². The molecule has 0 fully saturated rings. The third-order valence-electron chi connectivity index (χ3n) is 4.87. The van der Waals surface area contributed by atoms with Crippen molar-refractivity contribution in [3.05, 3.63) is 95.6 Å². The van der Waals surface area contributed by atoms with Crippen LogP contribution in [0.2, 0.25) is 0 Å². The fourth-order valence-corrected chi connectivity index (χ4v) is 3.36. The molecule has 0 N–H and O–H groups in total. The molecule has 1 heterocycles. The van der Waals surface area contributed by atoms with Crippen LogP contribution >= 0.6 is 0 Å². The van der Waals surface area contributed by atoms with Gasteiger partial charge in [-0.05, 0) is 28.8 Å². The van der Waals surface area contributed by atoms with Crippen LogP contribution in [0, 0.1) is 0 Å². The van der Waals surface area contributed by atoms with Crippen LogP contribution < -0.4 is 0 Å². The topological polar surface area (TPSA) is 63.7 Å². The van der Waals surface area contributed by atoms with Gasteiger partial charge in [0, 0.05) is 0 Å². The number of benzene rings is 3. The minimum absolute atomic E-state index is 0.0214. The van der Waals surface area contributed by atoms with Gasteiger partial charge >= 0.3 is 5.97 Å². The Bertz CT molecular complexity index is 1020. The molecule has 144 valence electrons. The van der Waals surface area contributed by atoms with Crippen LogP contribution in [-0.2, 0) is 16.0 Å². The lowest BCUT2D eigenvalue weighted by Crippen LogP contribution is -2.33. The predicted octanol–water partition coefficient (Wildman–Crippen LogP) is 3.74. The summed E-state index contributed by atoms with van der Waals surface area (Å²) in [6.45, 7) is 0.0252. The molecule has 4 rings (SSSR count). The summed E-state index contributed by atoms with van der Waals surface area (Å²) in [5.74, 6) is -1.09. The van der Waals surface area contributed by atoms with E-state index >= 15 is 0 Å². The Hall–Kier alpha value is -3.73. The molecule has 0 aliphatic carbocycles. The lowest BCUT2D eigenvalue weighted by atomic mass is 10.0. The highest BCUT2D eigenvalue weighted by molar-refractivity contribution is 6.21. The van der Waals surface area contributed by atoms with Crippen molar-refractivity contribution in [3.63, 3.8) is 0 Å². The number of rotatable bonds is 6. The van der Waals surface area contributed by atoms with Gasteiger partial charge in [-0.25, -0.2) is 0 Å². The number of carbonyl (C=O) groups excluding carboxylic acids is 3. The van der Waals surface area contributed by atoms with E-state index in [9.17, 15) is 14.4 Å². The van der Waals surface area contributed by atoms with Crippen molar-refractivity contribution in [2.75, 3.05) is 13.2 Å². The Morgan fingerprint density at radius 2 is 1.28 bits per heavy atom. The van der Waals surface area contributed by atoms with Gasteiger partial charge < -0.3 is 4.74 Å². The summed E-state index contributed by atoms with van der Waals surface area (Å²) in [4.78, 5) is 37.8. The molecule has 0 atom stereocenters. The monoisotopic (exact) mass is 385 g/mol. The predicted molar refractivity (Wildman–Crippen MR) is 108 cm³/mol. The number of nitrogens with zero attached hydrogens (tertiary/aromatic N) is 1. The third-order valence-corrected chi connectivity index (χ3v) is 4.87. The summed E-state index contributed by atoms with van der Waals surface area (Å²) in [7, 11) is 0. The van der Waals surface area contributed by atoms with E-state index in [1.165, 1.54) is 0 Å². The smallest absolute Gasteiger partial charge is 0.310 e. The Kier molecular flexibility index (Phi) is 5.20. The van der Waals surface area contributed by atoms with Crippen molar-refractivity contribution in [3.8, 4) is 11.1 Å². The average Bonchev–Trinajstić information content (AvgIpc) is 3.00. The fraction of sp³-hybridized carbons (Fsp3) is 0.125. The first kappa shape index (κ1) is 18.6. The number of imide groups is 1. The molecular weight excluding hydrogens is 366 g/mol. The molecule has 0 unspecified atom stereocenters. The Morgan fingerprint density at radius 3 is 1.90 bits per heavy atom. The number of esters is 1. The van der Waals surface area contributed by atoms with Gasteiger partial charge in [0.15, 0.2) is 0 Å². The van der Waals surface area contributed by atoms with Gasteiger partial charge in [-0.3, -0.25) is 19.3 Å². The molecule has 2 amide bonds. The second-order valence-corrected chi connectivity index (χ2v) is 6.77. The van der Waals surface area contributed by atoms with Gasteiger partial charge in [-0.2, -0.15) is 0 Å². The zero-order chi connectivity index (χ0) is 20.2. The minimum atomic E-state index is -0.394. The maximum absolute atomic E-state index is 12.3. The molecule has 0 spiro atoms. The molecule has 0 saturated carbocycles. The van der Waals surface area contributed by atoms with Crippen molar-refractivity contribution in [2.45, 2.75) is 6.42 Å². The summed E-state index contributed by atoms with van der Waals surface area (Å²) in [5.41, 5.74) is 3.82. The van der Waals surface area contributed by atoms with Crippen molar-refractivity contribution in [2.24, 2.45) is 0 Å². The van der Waals surface area contributed by atoms with E-state index in [4.69, 9.17) is 4.74 Å². The molecule has 5 nitrogen and oxygen atoms in total. The molecule has 3 aromatic rings. The van der Waals surface area contributed by atoms with E-state index in [-0.39, 0.29) is 31.4 Å². The first-order valence-electron chi connectivity index (χ1n) is 9.39. The lowest BCUT2D eigenvalue weighted by Gasteiger charge is -2.13. The zero-order valence-electron chi connectivity index (χ0n) is 15.7. The Morgan fingerprint density at radius 1 is 0.724 bits per heavy atom. The zero-order valence-corrected chi connectivity index (χ0v) is 15.7. The first-order chi connectivity index (χ1) is 14.1. The van der Waals surface area contributed by atoms with Crippen molar-refractivity contribution >= 4 is 17.8 Å². The number of amides is 2. The number of hydrogen-bond donors (Lipinski definition) is 0. The first-order valence-corrected chi connectivity index (χ1v) is 9.39. The van der Waals surface area contributed by atoms with Crippen LogP contribution in [0.5, 0.6) is 0 Å². The maximum Gasteiger partial charge on any atom is 0.310 e.